The molecule has 1 aromatic rings. The minimum absolute atomic E-state index is 0.117. The van der Waals surface area contributed by atoms with Crippen molar-refractivity contribution in [1.29, 1.82) is 0 Å². The summed E-state index contributed by atoms with van der Waals surface area (Å²) in [4.78, 5) is 11.8. The molecule has 0 saturated carbocycles. The van der Waals surface area contributed by atoms with Crippen LogP contribution in [0.5, 0.6) is 0 Å². The van der Waals surface area contributed by atoms with Crippen LogP contribution in [0.1, 0.15) is 38.8 Å². The largest absolute Gasteiger partial charge is 0.468 e. The van der Waals surface area contributed by atoms with Gasteiger partial charge in [0.1, 0.15) is 6.04 Å². The van der Waals surface area contributed by atoms with E-state index in [1.165, 1.54) is 7.11 Å². The highest BCUT2D eigenvalue weighted by molar-refractivity contribution is 7.53. The van der Waals surface area contributed by atoms with E-state index in [1.54, 1.807) is 13.8 Å². The molecule has 25 heavy (non-hydrogen) atoms. The first-order valence-electron chi connectivity index (χ1n) is 8.62. The summed E-state index contributed by atoms with van der Waals surface area (Å²) in [6, 6.07) is 7.33. The maximum Gasteiger partial charge on any atom is 0.335 e. The highest BCUT2D eigenvalue weighted by Crippen LogP contribution is 2.51. The van der Waals surface area contributed by atoms with Gasteiger partial charge in [0.05, 0.1) is 26.5 Å². The van der Waals surface area contributed by atoms with E-state index in [9.17, 15) is 9.36 Å². The van der Waals surface area contributed by atoms with Crippen molar-refractivity contribution in [2.24, 2.45) is 5.92 Å². The van der Waals surface area contributed by atoms with E-state index in [1.807, 2.05) is 38.1 Å². The fourth-order valence-corrected chi connectivity index (χ4v) is 4.22. The van der Waals surface area contributed by atoms with E-state index in [0.717, 1.165) is 11.1 Å². The van der Waals surface area contributed by atoms with Gasteiger partial charge in [0.2, 0.25) is 0 Å². The zero-order valence-corrected chi connectivity index (χ0v) is 16.7. The van der Waals surface area contributed by atoms with E-state index >= 15 is 0 Å². The van der Waals surface area contributed by atoms with Crippen LogP contribution < -0.4 is 5.32 Å². The van der Waals surface area contributed by atoms with Gasteiger partial charge in [0, 0.05) is 6.54 Å². The van der Waals surface area contributed by atoms with Gasteiger partial charge >= 0.3 is 13.6 Å². The van der Waals surface area contributed by atoms with Gasteiger partial charge in [-0.15, -0.1) is 0 Å². The molecule has 0 radical (unpaired) electrons. The standard InChI is InChI=1S/C18H30NO5P/c1-6-23-25(21,24-7-2)13-16-10-8-9-15(11-16)12-19-17(14(3)4)18(20)22-5/h8-11,14,17,19H,6-7,12-13H2,1-5H3. The van der Waals surface area contributed by atoms with Gasteiger partial charge in [-0.05, 0) is 30.9 Å². The second-order valence-electron chi connectivity index (χ2n) is 6.05. The highest BCUT2D eigenvalue weighted by atomic mass is 31.2. The van der Waals surface area contributed by atoms with Crippen molar-refractivity contribution in [1.82, 2.24) is 5.32 Å². The SMILES string of the molecule is CCOP(=O)(Cc1cccc(CNC(C(=O)OC)C(C)C)c1)OCC. The van der Waals surface area contributed by atoms with Gasteiger partial charge in [-0.3, -0.25) is 9.36 Å². The molecule has 0 aliphatic rings. The fourth-order valence-electron chi connectivity index (χ4n) is 2.53. The van der Waals surface area contributed by atoms with Crippen molar-refractivity contribution in [3.05, 3.63) is 35.4 Å². The van der Waals surface area contributed by atoms with Gasteiger partial charge in [0.15, 0.2) is 0 Å². The molecular formula is C18H30NO5P. The Morgan fingerprint density at radius 1 is 1.16 bits per heavy atom. The number of esters is 1. The topological polar surface area (TPSA) is 73.9 Å². The summed E-state index contributed by atoms with van der Waals surface area (Å²) in [6.07, 6.45) is 0.229. The Morgan fingerprint density at radius 2 is 1.76 bits per heavy atom. The van der Waals surface area contributed by atoms with Crippen LogP contribution >= 0.6 is 7.60 Å². The molecule has 0 aliphatic carbocycles. The Labute approximate surface area is 150 Å². The smallest absolute Gasteiger partial charge is 0.335 e. The molecule has 0 amide bonds. The third-order valence-corrected chi connectivity index (χ3v) is 5.72. The van der Waals surface area contributed by atoms with Crippen molar-refractivity contribution in [3.8, 4) is 0 Å². The number of hydrogen-bond donors (Lipinski definition) is 1. The predicted octanol–water partition coefficient (Wildman–Crippen LogP) is 3.74. The molecule has 0 aromatic heterocycles. The fraction of sp³-hybridized carbons (Fsp3) is 0.611. The van der Waals surface area contributed by atoms with E-state index in [0.29, 0.717) is 19.8 Å². The van der Waals surface area contributed by atoms with Crippen molar-refractivity contribution < 1.29 is 23.1 Å². The molecule has 1 N–H and O–H groups in total. The number of nitrogens with one attached hydrogen (secondary N) is 1. The van der Waals surface area contributed by atoms with Crippen LogP contribution in [-0.4, -0.2) is 32.3 Å². The van der Waals surface area contributed by atoms with Gasteiger partial charge in [0.25, 0.3) is 0 Å². The van der Waals surface area contributed by atoms with Crippen molar-refractivity contribution >= 4 is 13.6 Å². The lowest BCUT2D eigenvalue weighted by atomic mass is 10.0. The molecule has 6 nitrogen and oxygen atoms in total. The molecule has 0 fully saturated rings. The van der Waals surface area contributed by atoms with Crippen LogP contribution in [0.15, 0.2) is 24.3 Å². The molecule has 1 rings (SSSR count). The number of ether oxygens (including phenoxy) is 1. The predicted molar refractivity (Wildman–Crippen MR) is 98.5 cm³/mol. The van der Waals surface area contributed by atoms with Crippen LogP contribution in [0.4, 0.5) is 0 Å². The average Bonchev–Trinajstić information content (AvgIpc) is 2.55. The van der Waals surface area contributed by atoms with E-state index in [4.69, 9.17) is 13.8 Å². The number of carbonyl (C=O) groups is 1. The Morgan fingerprint density at radius 3 is 2.28 bits per heavy atom. The van der Waals surface area contributed by atoms with E-state index < -0.39 is 7.60 Å². The summed E-state index contributed by atoms with van der Waals surface area (Å²) in [7, 11) is -1.74. The lowest BCUT2D eigenvalue weighted by molar-refractivity contribution is -0.144. The third-order valence-electron chi connectivity index (χ3n) is 3.67. The van der Waals surface area contributed by atoms with Crippen LogP contribution in [-0.2, 0) is 35.9 Å². The van der Waals surface area contributed by atoms with Crippen LogP contribution in [0.3, 0.4) is 0 Å². The monoisotopic (exact) mass is 371 g/mol. The molecule has 1 atom stereocenters. The second kappa shape index (κ2) is 10.7. The minimum Gasteiger partial charge on any atom is -0.468 e. The van der Waals surface area contributed by atoms with Gasteiger partial charge in [-0.2, -0.15) is 0 Å². The molecular weight excluding hydrogens is 341 g/mol. The zero-order valence-electron chi connectivity index (χ0n) is 15.8. The zero-order chi connectivity index (χ0) is 18.9. The highest BCUT2D eigenvalue weighted by Gasteiger charge is 2.25. The lowest BCUT2D eigenvalue weighted by Crippen LogP contribution is -2.41. The summed E-state index contributed by atoms with van der Waals surface area (Å²) in [5.74, 6) is -0.157. The first-order chi connectivity index (χ1) is 11.8. The number of rotatable bonds is 11. The summed E-state index contributed by atoms with van der Waals surface area (Å²) in [5.41, 5.74) is 1.87. The van der Waals surface area contributed by atoms with Crippen molar-refractivity contribution in [2.45, 2.75) is 46.4 Å². The Hall–Kier alpha value is -1.20. The van der Waals surface area contributed by atoms with Crippen LogP contribution in [0.25, 0.3) is 0 Å². The summed E-state index contributed by atoms with van der Waals surface area (Å²) < 4.78 is 28.2. The summed E-state index contributed by atoms with van der Waals surface area (Å²) in [5, 5.41) is 3.22. The number of hydrogen-bond acceptors (Lipinski definition) is 6. The minimum atomic E-state index is -3.13. The first kappa shape index (κ1) is 21.8. The molecule has 0 saturated heterocycles. The first-order valence-corrected chi connectivity index (χ1v) is 10.3. The Bertz CT molecular complexity index is 581. The van der Waals surface area contributed by atoms with Crippen LogP contribution in [0.2, 0.25) is 0 Å². The molecule has 0 heterocycles. The third kappa shape index (κ3) is 7.28. The van der Waals surface area contributed by atoms with Crippen LogP contribution in [0, 0.1) is 5.92 Å². The molecule has 142 valence electrons. The van der Waals surface area contributed by atoms with E-state index in [2.05, 4.69) is 5.32 Å². The maximum atomic E-state index is 12.7. The molecule has 0 aliphatic heterocycles. The molecule has 0 bridgehead atoms. The number of benzene rings is 1. The second-order valence-corrected chi connectivity index (χ2v) is 8.10. The molecule has 1 aromatic carbocycles. The molecule has 1 unspecified atom stereocenters. The van der Waals surface area contributed by atoms with Gasteiger partial charge in [-0.25, -0.2) is 0 Å². The Kier molecular flexibility index (Phi) is 9.36. The van der Waals surface area contributed by atoms with Gasteiger partial charge < -0.3 is 19.1 Å². The van der Waals surface area contributed by atoms with Gasteiger partial charge in [-0.1, -0.05) is 38.1 Å². The molecule has 0 spiro atoms. The molecule has 7 heteroatoms. The normalized spacial score (nSPS) is 13.0. The van der Waals surface area contributed by atoms with Crippen molar-refractivity contribution in [3.63, 3.8) is 0 Å². The maximum absolute atomic E-state index is 12.7. The quantitative estimate of drug-likeness (QED) is 0.472. The lowest BCUT2D eigenvalue weighted by Gasteiger charge is -2.20. The van der Waals surface area contributed by atoms with Crippen molar-refractivity contribution in [2.75, 3.05) is 20.3 Å². The summed E-state index contributed by atoms with van der Waals surface area (Å²) >= 11 is 0. The number of carbonyl (C=O) groups excluding carboxylic acids is 1. The Balaban J connectivity index is 2.80. The number of methoxy groups -OCH3 is 1. The average molecular weight is 371 g/mol. The summed E-state index contributed by atoms with van der Waals surface area (Å²) in [6.45, 7) is 8.72. The van der Waals surface area contributed by atoms with E-state index in [-0.39, 0.29) is 24.1 Å².